The van der Waals surface area contributed by atoms with Gasteiger partial charge in [0.2, 0.25) is 0 Å². The Morgan fingerprint density at radius 3 is 2.95 bits per heavy atom. The normalized spacial score (nSPS) is 19.6. The predicted molar refractivity (Wildman–Crippen MR) is 76.7 cm³/mol. The van der Waals surface area contributed by atoms with E-state index in [1.165, 1.54) is 0 Å². The molecule has 0 saturated carbocycles. The highest BCUT2D eigenvalue weighted by molar-refractivity contribution is 5.92. The number of carbonyl (C=O) groups is 1. The number of amides is 1. The predicted octanol–water partition coefficient (Wildman–Crippen LogP) is 1.60. The molecule has 1 saturated heterocycles. The van der Waals surface area contributed by atoms with Gasteiger partial charge in [0.05, 0.1) is 6.10 Å². The molecule has 2 rings (SSSR count). The summed E-state index contributed by atoms with van der Waals surface area (Å²) < 4.78 is 5.52. The van der Waals surface area contributed by atoms with E-state index in [4.69, 9.17) is 4.74 Å². The van der Waals surface area contributed by atoms with Gasteiger partial charge in [-0.15, -0.1) is 10.2 Å². The SMILES string of the molecule is CCC(C)NC(=O)c1ccc(NCC2CCCO2)nn1. The van der Waals surface area contributed by atoms with Crippen LogP contribution in [0.4, 0.5) is 5.82 Å². The van der Waals surface area contributed by atoms with E-state index < -0.39 is 0 Å². The van der Waals surface area contributed by atoms with E-state index in [0.29, 0.717) is 11.5 Å². The van der Waals surface area contributed by atoms with Gasteiger partial charge in [0.15, 0.2) is 5.69 Å². The minimum atomic E-state index is -0.183. The summed E-state index contributed by atoms with van der Waals surface area (Å²) in [5.74, 6) is 0.484. The molecule has 110 valence electrons. The molecule has 1 fully saturated rings. The van der Waals surface area contributed by atoms with E-state index in [1.807, 2.05) is 13.8 Å². The Balaban J connectivity index is 1.84. The van der Waals surface area contributed by atoms with E-state index in [9.17, 15) is 4.79 Å². The molecule has 6 nitrogen and oxygen atoms in total. The number of hydrogen-bond donors (Lipinski definition) is 2. The first-order valence-electron chi connectivity index (χ1n) is 7.19. The number of carbonyl (C=O) groups excluding carboxylic acids is 1. The van der Waals surface area contributed by atoms with Crippen molar-refractivity contribution in [3.8, 4) is 0 Å². The van der Waals surface area contributed by atoms with Crippen LogP contribution in [0.1, 0.15) is 43.6 Å². The number of anilines is 1. The molecule has 0 bridgehead atoms. The van der Waals surface area contributed by atoms with Gasteiger partial charge in [-0.25, -0.2) is 0 Å². The summed E-state index contributed by atoms with van der Waals surface area (Å²) in [5, 5.41) is 14.0. The van der Waals surface area contributed by atoms with Crippen LogP contribution >= 0.6 is 0 Å². The van der Waals surface area contributed by atoms with Crippen molar-refractivity contribution in [1.29, 1.82) is 0 Å². The zero-order valence-electron chi connectivity index (χ0n) is 12.1. The smallest absolute Gasteiger partial charge is 0.272 e. The van der Waals surface area contributed by atoms with Crippen molar-refractivity contribution in [3.05, 3.63) is 17.8 Å². The quantitative estimate of drug-likeness (QED) is 0.826. The lowest BCUT2D eigenvalue weighted by molar-refractivity contribution is 0.0933. The van der Waals surface area contributed by atoms with Gasteiger partial charge in [-0.3, -0.25) is 4.79 Å². The van der Waals surface area contributed by atoms with Crippen LogP contribution < -0.4 is 10.6 Å². The first-order chi connectivity index (χ1) is 9.69. The first kappa shape index (κ1) is 14.7. The zero-order chi connectivity index (χ0) is 14.4. The van der Waals surface area contributed by atoms with Crippen molar-refractivity contribution >= 4 is 11.7 Å². The monoisotopic (exact) mass is 278 g/mol. The fourth-order valence-electron chi connectivity index (χ4n) is 1.97. The second-order valence-electron chi connectivity index (χ2n) is 5.10. The van der Waals surface area contributed by atoms with E-state index in [-0.39, 0.29) is 18.1 Å². The maximum atomic E-state index is 11.8. The first-order valence-corrected chi connectivity index (χ1v) is 7.19. The van der Waals surface area contributed by atoms with Crippen LogP contribution in [-0.2, 0) is 4.74 Å². The van der Waals surface area contributed by atoms with Crippen molar-refractivity contribution in [1.82, 2.24) is 15.5 Å². The third-order valence-electron chi connectivity index (χ3n) is 3.42. The molecule has 1 aliphatic heterocycles. The number of rotatable bonds is 6. The molecule has 0 spiro atoms. The Morgan fingerprint density at radius 2 is 2.35 bits per heavy atom. The van der Waals surface area contributed by atoms with Gasteiger partial charge in [0.1, 0.15) is 5.82 Å². The number of aromatic nitrogens is 2. The molecule has 0 aromatic carbocycles. The molecular weight excluding hydrogens is 256 g/mol. The number of nitrogens with zero attached hydrogens (tertiary/aromatic N) is 2. The molecule has 1 aliphatic rings. The van der Waals surface area contributed by atoms with Crippen molar-refractivity contribution < 1.29 is 9.53 Å². The maximum absolute atomic E-state index is 11.8. The molecule has 1 amide bonds. The summed E-state index contributed by atoms with van der Waals surface area (Å²) in [6.45, 7) is 5.55. The summed E-state index contributed by atoms with van der Waals surface area (Å²) in [6.07, 6.45) is 3.34. The average Bonchev–Trinajstić information content (AvgIpc) is 2.98. The van der Waals surface area contributed by atoms with Crippen molar-refractivity contribution in [2.75, 3.05) is 18.5 Å². The van der Waals surface area contributed by atoms with E-state index in [2.05, 4.69) is 20.8 Å². The lowest BCUT2D eigenvalue weighted by Crippen LogP contribution is -2.32. The van der Waals surface area contributed by atoms with Crippen molar-refractivity contribution in [2.24, 2.45) is 0 Å². The highest BCUT2D eigenvalue weighted by Gasteiger charge is 2.15. The van der Waals surface area contributed by atoms with Gasteiger partial charge < -0.3 is 15.4 Å². The molecule has 6 heteroatoms. The largest absolute Gasteiger partial charge is 0.376 e. The summed E-state index contributed by atoms with van der Waals surface area (Å²) >= 11 is 0. The van der Waals surface area contributed by atoms with Crippen LogP contribution in [0.3, 0.4) is 0 Å². The molecular formula is C14H22N4O2. The molecule has 1 aromatic rings. The van der Waals surface area contributed by atoms with Crippen molar-refractivity contribution in [3.63, 3.8) is 0 Å². The molecule has 0 radical (unpaired) electrons. The third kappa shape index (κ3) is 4.16. The highest BCUT2D eigenvalue weighted by atomic mass is 16.5. The molecule has 2 unspecified atom stereocenters. The van der Waals surface area contributed by atoms with Crippen LogP contribution in [0.25, 0.3) is 0 Å². The Morgan fingerprint density at radius 1 is 1.50 bits per heavy atom. The van der Waals surface area contributed by atoms with E-state index >= 15 is 0 Å². The minimum Gasteiger partial charge on any atom is -0.376 e. The average molecular weight is 278 g/mol. The lowest BCUT2D eigenvalue weighted by atomic mass is 10.2. The van der Waals surface area contributed by atoms with Crippen LogP contribution in [0, 0.1) is 0 Å². The van der Waals surface area contributed by atoms with Crippen molar-refractivity contribution in [2.45, 2.75) is 45.3 Å². The summed E-state index contributed by atoms with van der Waals surface area (Å²) in [7, 11) is 0. The molecule has 1 aromatic heterocycles. The Labute approximate surface area is 119 Å². The van der Waals surface area contributed by atoms with Gasteiger partial charge in [0, 0.05) is 19.2 Å². The van der Waals surface area contributed by atoms with E-state index in [0.717, 1.165) is 32.4 Å². The third-order valence-corrected chi connectivity index (χ3v) is 3.42. The Hall–Kier alpha value is -1.69. The maximum Gasteiger partial charge on any atom is 0.272 e. The summed E-state index contributed by atoms with van der Waals surface area (Å²) in [6, 6.07) is 3.59. The van der Waals surface area contributed by atoms with Crippen LogP contribution in [0.2, 0.25) is 0 Å². The summed E-state index contributed by atoms with van der Waals surface area (Å²) in [5.41, 5.74) is 0.341. The number of hydrogen-bond acceptors (Lipinski definition) is 5. The standard InChI is InChI=1S/C14H22N4O2/c1-3-10(2)16-14(19)12-6-7-13(18-17-12)15-9-11-5-4-8-20-11/h6-7,10-11H,3-5,8-9H2,1-2H3,(H,15,18)(H,16,19). The zero-order valence-corrected chi connectivity index (χ0v) is 12.1. The van der Waals surface area contributed by atoms with Crippen LogP contribution in [-0.4, -0.2) is 41.4 Å². The molecule has 2 atom stereocenters. The molecule has 2 heterocycles. The molecule has 20 heavy (non-hydrogen) atoms. The molecule has 0 aliphatic carbocycles. The Bertz CT molecular complexity index is 429. The second-order valence-corrected chi connectivity index (χ2v) is 5.10. The second kappa shape index (κ2) is 7.19. The highest BCUT2D eigenvalue weighted by Crippen LogP contribution is 2.12. The van der Waals surface area contributed by atoms with Gasteiger partial charge >= 0.3 is 0 Å². The summed E-state index contributed by atoms with van der Waals surface area (Å²) in [4.78, 5) is 11.8. The van der Waals surface area contributed by atoms with Gasteiger partial charge in [-0.05, 0) is 38.3 Å². The minimum absolute atomic E-state index is 0.140. The van der Waals surface area contributed by atoms with Crippen LogP contribution in [0.5, 0.6) is 0 Å². The van der Waals surface area contributed by atoms with Crippen LogP contribution in [0.15, 0.2) is 12.1 Å². The fourth-order valence-corrected chi connectivity index (χ4v) is 1.97. The lowest BCUT2D eigenvalue weighted by Gasteiger charge is -2.12. The van der Waals surface area contributed by atoms with E-state index in [1.54, 1.807) is 12.1 Å². The molecule has 2 N–H and O–H groups in total. The van der Waals surface area contributed by atoms with Gasteiger partial charge in [-0.1, -0.05) is 6.92 Å². The van der Waals surface area contributed by atoms with Gasteiger partial charge in [0.25, 0.3) is 5.91 Å². The number of ether oxygens (including phenoxy) is 1. The number of nitrogens with one attached hydrogen (secondary N) is 2. The fraction of sp³-hybridized carbons (Fsp3) is 0.643. The Kier molecular flexibility index (Phi) is 5.29. The van der Waals surface area contributed by atoms with Gasteiger partial charge in [-0.2, -0.15) is 0 Å². The topological polar surface area (TPSA) is 76.1 Å².